The maximum atomic E-state index is 12.8. The van der Waals surface area contributed by atoms with Gasteiger partial charge < -0.3 is 19.6 Å². The molecule has 7 heteroatoms. The number of furan rings is 1. The van der Waals surface area contributed by atoms with Gasteiger partial charge in [0, 0.05) is 5.69 Å². The minimum atomic E-state index is -0.335. The molecule has 0 saturated heterocycles. The summed E-state index contributed by atoms with van der Waals surface area (Å²) in [6.07, 6.45) is 1.45. The number of rotatable bonds is 6. The highest BCUT2D eigenvalue weighted by atomic mass is 16.3. The van der Waals surface area contributed by atoms with E-state index >= 15 is 0 Å². The molecule has 2 amide bonds. The summed E-state index contributed by atoms with van der Waals surface area (Å²) >= 11 is 0. The number of aromatic nitrogens is 2. The Balaban J connectivity index is 1.56. The fraction of sp³-hybridized carbons (Fsp3) is 0.174. The second-order valence-electron chi connectivity index (χ2n) is 7.13. The van der Waals surface area contributed by atoms with Crippen molar-refractivity contribution in [2.45, 2.75) is 26.9 Å². The Kier molecular flexibility index (Phi) is 5.34. The number of carbonyl (C=O) groups excluding carboxylic acids is 2. The summed E-state index contributed by atoms with van der Waals surface area (Å²) < 4.78 is 6.94. The third kappa shape index (κ3) is 4.10. The lowest BCUT2D eigenvalue weighted by molar-refractivity contribution is -0.116. The van der Waals surface area contributed by atoms with Crippen LogP contribution in [0.15, 0.2) is 65.3 Å². The Labute approximate surface area is 173 Å². The minimum absolute atomic E-state index is 0.0832. The van der Waals surface area contributed by atoms with Gasteiger partial charge in [0.1, 0.15) is 12.4 Å². The van der Waals surface area contributed by atoms with Gasteiger partial charge in [0.2, 0.25) is 5.91 Å². The quantitative estimate of drug-likeness (QED) is 0.513. The molecule has 30 heavy (non-hydrogen) atoms. The van der Waals surface area contributed by atoms with E-state index in [1.807, 2.05) is 60.9 Å². The molecule has 2 aromatic carbocycles. The first kappa shape index (κ1) is 19.4. The van der Waals surface area contributed by atoms with Crippen LogP contribution in [-0.2, 0) is 17.9 Å². The largest absolute Gasteiger partial charge is 0.459 e. The normalized spacial score (nSPS) is 10.9. The Hall–Kier alpha value is -3.87. The van der Waals surface area contributed by atoms with Gasteiger partial charge in [0.25, 0.3) is 5.91 Å². The van der Waals surface area contributed by atoms with Crippen molar-refractivity contribution in [1.82, 2.24) is 14.9 Å². The Morgan fingerprint density at radius 1 is 1.07 bits per heavy atom. The van der Waals surface area contributed by atoms with Gasteiger partial charge in [-0.25, -0.2) is 4.98 Å². The fourth-order valence-electron chi connectivity index (χ4n) is 3.29. The number of hydrogen-bond donors (Lipinski definition) is 2. The molecule has 4 aromatic rings. The van der Waals surface area contributed by atoms with Gasteiger partial charge in [-0.1, -0.05) is 24.3 Å². The highest BCUT2D eigenvalue weighted by molar-refractivity contribution is 5.93. The van der Waals surface area contributed by atoms with Crippen molar-refractivity contribution in [3.8, 4) is 0 Å². The summed E-state index contributed by atoms with van der Waals surface area (Å²) in [6.45, 7) is 4.19. The van der Waals surface area contributed by atoms with Gasteiger partial charge in [-0.05, 0) is 55.3 Å². The van der Waals surface area contributed by atoms with Crippen LogP contribution < -0.4 is 10.6 Å². The number of aryl methyl sites for hydroxylation is 2. The molecule has 0 aliphatic rings. The van der Waals surface area contributed by atoms with Crippen LogP contribution in [0.4, 0.5) is 5.69 Å². The summed E-state index contributed by atoms with van der Waals surface area (Å²) in [6, 6.07) is 16.8. The molecule has 4 rings (SSSR count). The maximum absolute atomic E-state index is 12.8. The van der Waals surface area contributed by atoms with Crippen LogP contribution >= 0.6 is 0 Å². The topological polar surface area (TPSA) is 89.2 Å². The molecule has 152 valence electrons. The van der Waals surface area contributed by atoms with E-state index in [1.54, 1.807) is 12.1 Å². The van der Waals surface area contributed by atoms with E-state index in [2.05, 4.69) is 15.6 Å². The molecule has 0 atom stereocenters. The SMILES string of the molecule is Cc1ccc(C)c(NC(=O)Cn2c(CNC(=O)c3ccco3)nc3ccccc32)c1. The number of amides is 2. The summed E-state index contributed by atoms with van der Waals surface area (Å²) in [7, 11) is 0. The summed E-state index contributed by atoms with van der Waals surface area (Å²) in [5.74, 6) is 0.321. The van der Waals surface area contributed by atoms with E-state index in [1.165, 1.54) is 6.26 Å². The zero-order chi connectivity index (χ0) is 21.1. The van der Waals surface area contributed by atoms with Crippen LogP contribution in [0.3, 0.4) is 0 Å². The Bertz CT molecular complexity index is 1210. The molecular weight excluding hydrogens is 380 g/mol. The second-order valence-corrected chi connectivity index (χ2v) is 7.13. The molecule has 0 bridgehead atoms. The number of imidazole rings is 1. The molecule has 2 N–H and O–H groups in total. The van der Waals surface area contributed by atoms with Crippen LogP contribution in [-0.4, -0.2) is 21.4 Å². The molecule has 0 aliphatic heterocycles. The van der Waals surface area contributed by atoms with Gasteiger partial charge in [0.05, 0.1) is 23.8 Å². The number of hydrogen-bond acceptors (Lipinski definition) is 4. The molecule has 0 aliphatic carbocycles. The summed E-state index contributed by atoms with van der Waals surface area (Å²) in [5, 5.41) is 5.77. The first-order chi connectivity index (χ1) is 14.5. The number of para-hydroxylation sites is 2. The van der Waals surface area contributed by atoms with Gasteiger partial charge in [-0.15, -0.1) is 0 Å². The highest BCUT2D eigenvalue weighted by Crippen LogP contribution is 2.19. The number of nitrogens with zero attached hydrogens (tertiary/aromatic N) is 2. The van der Waals surface area contributed by atoms with Gasteiger partial charge in [-0.2, -0.15) is 0 Å². The third-order valence-electron chi connectivity index (χ3n) is 4.85. The average molecular weight is 402 g/mol. The molecule has 2 heterocycles. The van der Waals surface area contributed by atoms with Crippen molar-refractivity contribution >= 4 is 28.5 Å². The molecule has 2 aromatic heterocycles. The molecule has 0 radical (unpaired) electrons. The van der Waals surface area contributed by atoms with E-state index in [-0.39, 0.29) is 30.7 Å². The van der Waals surface area contributed by atoms with Gasteiger partial charge in [-0.3, -0.25) is 9.59 Å². The third-order valence-corrected chi connectivity index (χ3v) is 4.85. The lowest BCUT2D eigenvalue weighted by Gasteiger charge is -2.12. The van der Waals surface area contributed by atoms with E-state index in [0.29, 0.717) is 5.82 Å². The first-order valence-electron chi connectivity index (χ1n) is 9.64. The molecule has 0 unspecified atom stereocenters. The van der Waals surface area contributed by atoms with Crippen LogP contribution in [0.2, 0.25) is 0 Å². The fourth-order valence-corrected chi connectivity index (χ4v) is 3.29. The Morgan fingerprint density at radius 3 is 2.70 bits per heavy atom. The van der Waals surface area contributed by atoms with Crippen molar-refractivity contribution in [1.29, 1.82) is 0 Å². The van der Waals surface area contributed by atoms with Crippen molar-refractivity contribution < 1.29 is 14.0 Å². The second kappa shape index (κ2) is 8.24. The minimum Gasteiger partial charge on any atom is -0.459 e. The van der Waals surface area contributed by atoms with Crippen molar-refractivity contribution in [3.63, 3.8) is 0 Å². The van der Waals surface area contributed by atoms with E-state index in [0.717, 1.165) is 27.8 Å². The summed E-state index contributed by atoms with van der Waals surface area (Å²) in [5.41, 5.74) is 4.45. The highest BCUT2D eigenvalue weighted by Gasteiger charge is 2.16. The predicted molar refractivity (Wildman–Crippen MR) is 114 cm³/mol. The molecule has 0 saturated carbocycles. The number of benzene rings is 2. The zero-order valence-corrected chi connectivity index (χ0v) is 16.8. The smallest absolute Gasteiger partial charge is 0.287 e. The molecule has 0 fully saturated rings. The van der Waals surface area contributed by atoms with Crippen LogP contribution in [0.5, 0.6) is 0 Å². The van der Waals surface area contributed by atoms with E-state index in [9.17, 15) is 9.59 Å². The first-order valence-corrected chi connectivity index (χ1v) is 9.64. The number of nitrogens with one attached hydrogen (secondary N) is 2. The number of carbonyl (C=O) groups is 2. The standard InChI is InChI=1S/C23H22N4O3/c1-15-9-10-16(2)18(12-15)26-22(28)14-27-19-7-4-3-6-17(19)25-21(27)13-24-23(29)20-8-5-11-30-20/h3-12H,13-14H2,1-2H3,(H,24,29)(H,26,28). The predicted octanol–water partition coefficient (Wildman–Crippen LogP) is 3.81. The van der Waals surface area contributed by atoms with Gasteiger partial charge >= 0.3 is 0 Å². The van der Waals surface area contributed by atoms with Crippen LogP contribution in [0, 0.1) is 13.8 Å². The van der Waals surface area contributed by atoms with Crippen LogP contribution in [0.25, 0.3) is 11.0 Å². The molecule has 0 spiro atoms. The number of fused-ring (bicyclic) bond motifs is 1. The molecule has 7 nitrogen and oxygen atoms in total. The van der Waals surface area contributed by atoms with E-state index in [4.69, 9.17) is 4.42 Å². The lowest BCUT2D eigenvalue weighted by Crippen LogP contribution is -2.26. The number of anilines is 1. The monoisotopic (exact) mass is 402 g/mol. The van der Waals surface area contributed by atoms with Crippen molar-refractivity contribution in [2.24, 2.45) is 0 Å². The Morgan fingerprint density at radius 2 is 1.90 bits per heavy atom. The average Bonchev–Trinajstić information content (AvgIpc) is 3.38. The summed E-state index contributed by atoms with van der Waals surface area (Å²) in [4.78, 5) is 29.6. The van der Waals surface area contributed by atoms with E-state index < -0.39 is 0 Å². The molecular formula is C23H22N4O3. The lowest BCUT2D eigenvalue weighted by atomic mass is 10.1. The van der Waals surface area contributed by atoms with Crippen LogP contribution in [0.1, 0.15) is 27.5 Å². The van der Waals surface area contributed by atoms with Crippen molar-refractivity contribution in [3.05, 3.63) is 83.6 Å². The van der Waals surface area contributed by atoms with Gasteiger partial charge in [0.15, 0.2) is 5.76 Å². The zero-order valence-electron chi connectivity index (χ0n) is 16.8. The van der Waals surface area contributed by atoms with Crippen molar-refractivity contribution in [2.75, 3.05) is 5.32 Å². The maximum Gasteiger partial charge on any atom is 0.287 e.